The molecule has 3 rings (SSSR count). The lowest BCUT2D eigenvalue weighted by molar-refractivity contribution is -0.141. The average molecular weight is 323 g/mol. The number of aromatic nitrogens is 3. The quantitative estimate of drug-likeness (QED) is 0.855. The maximum Gasteiger partial charge on any atom is 0.433 e. The Labute approximate surface area is 131 Å². The summed E-state index contributed by atoms with van der Waals surface area (Å²) in [6.07, 6.45) is -0.360. The van der Waals surface area contributed by atoms with Gasteiger partial charge in [0.2, 0.25) is 5.95 Å². The van der Waals surface area contributed by atoms with Gasteiger partial charge in [-0.05, 0) is 25.0 Å². The molecular formula is C15H16F3N5. The van der Waals surface area contributed by atoms with Crippen molar-refractivity contribution in [2.24, 2.45) is 0 Å². The molecule has 0 saturated heterocycles. The Kier molecular flexibility index (Phi) is 4.31. The summed E-state index contributed by atoms with van der Waals surface area (Å²) in [7, 11) is 0. The minimum Gasteiger partial charge on any atom is -0.370 e. The molecule has 1 saturated carbocycles. The second kappa shape index (κ2) is 6.39. The van der Waals surface area contributed by atoms with Crippen molar-refractivity contribution in [2.45, 2.75) is 31.5 Å². The van der Waals surface area contributed by atoms with E-state index in [0.717, 1.165) is 24.6 Å². The largest absolute Gasteiger partial charge is 0.433 e. The van der Waals surface area contributed by atoms with Crippen LogP contribution in [0.5, 0.6) is 0 Å². The van der Waals surface area contributed by atoms with Crippen molar-refractivity contribution in [3.63, 3.8) is 0 Å². The highest BCUT2D eigenvalue weighted by atomic mass is 19.4. The molecule has 0 unspecified atom stereocenters. The number of nitrogens with one attached hydrogen (secondary N) is 2. The smallest absolute Gasteiger partial charge is 0.370 e. The molecule has 0 bridgehead atoms. The van der Waals surface area contributed by atoms with Gasteiger partial charge >= 0.3 is 6.18 Å². The summed E-state index contributed by atoms with van der Waals surface area (Å²) < 4.78 is 38.8. The summed E-state index contributed by atoms with van der Waals surface area (Å²) in [5.41, 5.74) is -0.0857. The van der Waals surface area contributed by atoms with Crippen molar-refractivity contribution in [2.75, 3.05) is 17.2 Å². The van der Waals surface area contributed by atoms with Crippen LogP contribution in [0.4, 0.5) is 24.9 Å². The van der Waals surface area contributed by atoms with Gasteiger partial charge in [0, 0.05) is 37.0 Å². The molecule has 0 atom stereocenters. The zero-order valence-corrected chi connectivity index (χ0v) is 12.3. The van der Waals surface area contributed by atoms with Crippen LogP contribution in [-0.2, 0) is 12.6 Å². The highest BCUT2D eigenvalue weighted by Crippen LogP contribution is 2.31. The molecule has 1 fully saturated rings. The Bertz CT molecular complexity index is 656. The van der Waals surface area contributed by atoms with Gasteiger partial charge in [-0.15, -0.1) is 0 Å². The predicted octanol–water partition coefficient (Wildman–Crippen LogP) is 3.12. The second-order valence-corrected chi connectivity index (χ2v) is 5.38. The van der Waals surface area contributed by atoms with E-state index in [1.165, 1.54) is 0 Å². The zero-order chi connectivity index (χ0) is 16.3. The van der Waals surface area contributed by atoms with Gasteiger partial charge in [-0.25, -0.2) is 4.98 Å². The van der Waals surface area contributed by atoms with Crippen LogP contribution >= 0.6 is 0 Å². The van der Waals surface area contributed by atoms with Crippen LogP contribution in [0.2, 0.25) is 0 Å². The zero-order valence-electron chi connectivity index (χ0n) is 12.3. The Balaban J connectivity index is 1.69. The maximum absolute atomic E-state index is 12.9. The first-order chi connectivity index (χ1) is 11.0. The number of hydrogen-bond donors (Lipinski definition) is 2. The Morgan fingerprint density at radius 2 is 2.00 bits per heavy atom. The normalized spacial score (nSPS) is 14.6. The minimum atomic E-state index is -4.50. The first-order valence-electron chi connectivity index (χ1n) is 7.37. The first-order valence-corrected chi connectivity index (χ1v) is 7.37. The average Bonchev–Trinajstić information content (AvgIpc) is 3.31. The third-order valence-corrected chi connectivity index (χ3v) is 3.34. The van der Waals surface area contributed by atoms with Crippen molar-refractivity contribution in [3.05, 3.63) is 41.9 Å². The van der Waals surface area contributed by atoms with Gasteiger partial charge in [-0.3, -0.25) is 4.98 Å². The number of alkyl halides is 3. The van der Waals surface area contributed by atoms with Crippen molar-refractivity contribution in [3.8, 4) is 0 Å². The Morgan fingerprint density at radius 1 is 1.17 bits per heavy atom. The van der Waals surface area contributed by atoms with Gasteiger partial charge in [0.25, 0.3) is 0 Å². The second-order valence-electron chi connectivity index (χ2n) is 5.38. The summed E-state index contributed by atoms with van der Waals surface area (Å²) in [5, 5.41) is 5.81. The molecular weight excluding hydrogens is 307 g/mol. The van der Waals surface area contributed by atoms with Crippen LogP contribution in [0.1, 0.15) is 24.2 Å². The van der Waals surface area contributed by atoms with Crippen LogP contribution in [0.15, 0.2) is 30.5 Å². The molecule has 1 aliphatic carbocycles. The van der Waals surface area contributed by atoms with Crippen molar-refractivity contribution >= 4 is 11.8 Å². The van der Waals surface area contributed by atoms with Gasteiger partial charge in [0.1, 0.15) is 5.82 Å². The van der Waals surface area contributed by atoms with E-state index in [4.69, 9.17) is 0 Å². The molecule has 2 N–H and O–H groups in total. The van der Waals surface area contributed by atoms with Gasteiger partial charge in [0.15, 0.2) is 5.69 Å². The first kappa shape index (κ1) is 15.5. The standard InChI is InChI=1S/C15H16F3N5/c16-15(17,18)12-9-13(23-14(22-12)21-11-4-5-11)20-8-6-10-3-1-2-7-19-10/h1-3,7,9,11H,4-6,8H2,(H2,20,21,22,23). The van der Waals surface area contributed by atoms with E-state index >= 15 is 0 Å². The van der Waals surface area contributed by atoms with E-state index in [9.17, 15) is 13.2 Å². The summed E-state index contributed by atoms with van der Waals surface area (Å²) >= 11 is 0. The van der Waals surface area contributed by atoms with E-state index in [1.807, 2.05) is 18.2 Å². The molecule has 2 heterocycles. The van der Waals surface area contributed by atoms with Crippen LogP contribution in [-0.4, -0.2) is 27.5 Å². The third-order valence-electron chi connectivity index (χ3n) is 3.34. The highest BCUT2D eigenvalue weighted by molar-refractivity contribution is 5.44. The van der Waals surface area contributed by atoms with Crippen molar-refractivity contribution < 1.29 is 13.2 Å². The topological polar surface area (TPSA) is 62.7 Å². The molecule has 0 amide bonds. The van der Waals surface area contributed by atoms with Crippen molar-refractivity contribution in [1.82, 2.24) is 15.0 Å². The van der Waals surface area contributed by atoms with Gasteiger partial charge < -0.3 is 10.6 Å². The Morgan fingerprint density at radius 3 is 2.65 bits per heavy atom. The summed E-state index contributed by atoms with van der Waals surface area (Å²) in [5.74, 6) is 0.175. The summed E-state index contributed by atoms with van der Waals surface area (Å²) in [4.78, 5) is 11.8. The van der Waals surface area contributed by atoms with Crippen LogP contribution < -0.4 is 10.6 Å². The number of halogens is 3. The van der Waals surface area contributed by atoms with Gasteiger partial charge in [0.05, 0.1) is 0 Å². The lowest BCUT2D eigenvalue weighted by atomic mass is 10.2. The van der Waals surface area contributed by atoms with E-state index in [1.54, 1.807) is 6.20 Å². The molecule has 5 nitrogen and oxygen atoms in total. The fourth-order valence-corrected chi connectivity index (χ4v) is 2.02. The molecule has 0 aliphatic heterocycles. The van der Waals surface area contributed by atoms with Crippen molar-refractivity contribution in [1.29, 1.82) is 0 Å². The molecule has 122 valence electrons. The third kappa shape index (κ3) is 4.54. The lowest BCUT2D eigenvalue weighted by Gasteiger charge is -2.12. The number of anilines is 2. The van der Waals surface area contributed by atoms with E-state index < -0.39 is 11.9 Å². The van der Waals surface area contributed by atoms with Crippen LogP contribution in [0, 0.1) is 0 Å². The molecule has 0 spiro atoms. The van der Waals surface area contributed by atoms with Crippen LogP contribution in [0.3, 0.4) is 0 Å². The number of rotatable bonds is 6. The SMILES string of the molecule is FC(F)(F)c1cc(NCCc2ccccn2)nc(NC2CC2)n1. The fourth-order valence-electron chi connectivity index (χ4n) is 2.02. The molecule has 2 aromatic rings. The monoisotopic (exact) mass is 323 g/mol. The number of pyridine rings is 1. The molecule has 1 aliphatic rings. The molecule has 2 aromatic heterocycles. The Hall–Kier alpha value is -2.38. The van der Waals surface area contributed by atoms with Crippen LogP contribution in [0.25, 0.3) is 0 Å². The van der Waals surface area contributed by atoms with Gasteiger partial charge in [-0.1, -0.05) is 6.07 Å². The minimum absolute atomic E-state index is 0.0164. The fraction of sp³-hybridized carbons (Fsp3) is 0.400. The summed E-state index contributed by atoms with van der Waals surface area (Å²) in [6, 6.07) is 6.65. The molecule has 23 heavy (non-hydrogen) atoms. The maximum atomic E-state index is 12.9. The summed E-state index contributed by atoms with van der Waals surface area (Å²) in [6.45, 7) is 0.439. The lowest BCUT2D eigenvalue weighted by Crippen LogP contribution is -2.15. The van der Waals surface area contributed by atoms with E-state index in [-0.39, 0.29) is 17.8 Å². The van der Waals surface area contributed by atoms with E-state index in [0.29, 0.717) is 13.0 Å². The van der Waals surface area contributed by atoms with Gasteiger partial charge in [-0.2, -0.15) is 18.2 Å². The molecule has 8 heteroatoms. The molecule has 0 radical (unpaired) electrons. The highest BCUT2D eigenvalue weighted by Gasteiger charge is 2.34. The molecule has 0 aromatic carbocycles. The predicted molar refractivity (Wildman–Crippen MR) is 80.1 cm³/mol. The van der Waals surface area contributed by atoms with E-state index in [2.05, 4.69) is 25.6 Å². The number of nitrogens with zero attached hydrogens (tertiary/aromatic N) is 3. The number of hydrogen-bond acceptors (Lipinski definition) is 5.